The summed E-state index contributed by atoms with van der Waals surface area (Å²) in [4.78, 5) is 14.9. The first-order chi connectivity index (χ1) is 13.6. The summed E-state index contributed by atoms with van der Waals surface area (Å²) in [5.74, 6) is 1.37. The molecular formula is C22H27N3O3. The molecule has 6 heteroatoms. The fourth-order valence-electron chi connectivity index (χ4n) is 5.44. The summed E-state index contributed by atoms with van der Waals surface area (Å²) >= 11 is 0. The van der Waals surface area contributed by atoms with Crippen molar-refractivity contribution in [3.05, 3.63) is 53.4 Å². The van der Waals surface area contributed by atoms with Crippen LogP contribution in [0.4, 0.5) is 0 Å². The van der Waals surface area contributed by atoms with Crippen molar-refractivity contribution in [2.24, 2.45) is 11.8 Å². The summed E-state index contributed by atoms with van der Waals surface area (Å²) in [7, 11) is 0. The Labute approximate surface area is 165 Å². The highest BCUT2D eigenvalue weighted by Gasteiger charge is 2.62. The maximum absolute atomic E-state index is 12.4. The van der Waals surface area contributed by atoms with Gasteiger partial charge in [-0.15, -0.1) is 0 Å². The summed E-state index contributed by atoms with van der Waals surface area (Å²) in [6, 6.07) is 12.3. The standard InChI is InChI=1S/C22H27N3O3/c1-15-11-19(24-28-15)21(26)23-12-17-18-13-25(10-8-16-5-3-2-4-6-16)14-22(18)9-7-20(17)27-22/h2-6,11,17-18,20H,7-10,12-14H2,1H3,(H,23,26)/t17-,18+,20+,22+/m0/s1. The van der Waals surface area contributed by atoms with Crippen LogP contribution in [-0.2, 0) is 11.2 Å². The first kappa shape index (κ1) is 17.9. The van der Waals surface area contributed by atoms with Gasteiger partial charge in [-0.2, -0.15) is 0 Å². The molecule has 2 aromatic rings. The highest BCUT2D eigenvalue weighted by Crippen LogP contribution is 2.54. The van der Waals surface area contributed by atoms with Crippen molar-refractivity contribution in [1.29, 1.82) is 0 Å². The number of nitrogens with one attached hydrogen (secondary N) is 1. The second-order valence-corrected chi connectivity index (χ2v) is 8.53. The molecule has 148 valence electrons. The number of hydrogen-bond acceptors (Lipinski definition) is 5. The average Bonchev–Trinajstić information content (AvgIpc) is 3.45. The number of hydrogen-bond donors (Lipinski definition) is 1. The minimum atomic E-state index is -0.160. The molecule has 0 radical (unpaired) electrons. The van der Waals surface area contributed by atoms with Gasteiger partial charge < -0.3 is 14.6 Å². The van der Waals surface area contributed by atoms with Crippen LogP contribution in [0.2, 0.25) is 0 Å². The number of nitrogens with zero attached hydrogens (tertiary/aromatic N) is 2. The Morgan fingerprint density at radius 1 is 1.36 bits per heavy atom. The molecule has 3 aliphatic rings. The monoisotopic (exact) mass is 381 g/mol. The van der Waals surface area contributed by atoms with E-state index in [4.69, 9.17) is 9.26 Å². The number of aryl methyl sites for hydroxylation is 1. The lowest BCUT2D eigenvalue weighted by Gasteiger charge is -2.29. The van der Waals surface area contributed by atoms with E-state index in [2.05, 4.69) is 45.7 Å². The fraction of sp³-hybridized carbons (Fsp3) is 0.545. The van der Waals surface area contributed by atoms with Crippen LogP contribution in [0.25, 0.3) is 0 Å². The third kappa shape index (κ3) is 3.14. The number of likely N-dealkylation sites (tertiary alicyclic amines) is 1. The van der Waals surface area contributed by atoms with Gasteiger partial charge in [0.25, 0.3) is 5.91 Å². The lowest BCUT2D eigenvalue weighted by molar-refractivity contribution is 0.00285. The van der Waals surface area contributed by atoms with Gasteiger partial charge in [0.05, 0.1) is 11.7 Å². The van der Waals surface area contributed by atoms with Gasteiger partial charge in [0.2, 0.25) is 0 Å². The van der Waals surface area contributed by atoms with Gasteiger partial charge in [-0.05, 0) is 31.7 Å². The Bertz CT molecular complexity index is 852. The van der Waals surface area contributed by atoms with E-state index < -0.39 is 0 Å². The smallest absolute Gasteiger partial charge is 0.273 e. The molecule has 6 nitrogen and oxygen atoms in total. The van der Waals surface area contributed by atoms with Crippen molar-refractivity contribution < 1.29 is 14.1 Å². The lowest BCUT2D eigenvalue weighted by Crippen LogP contribution is -2.42. The van der Waals surface area contributed by atoms with E-state index in [1.54, 1.807) is 13.0 Å². The summed E-state index contributed by atoms with van der Waals surface area (Å²) in [5, 5.41) is 6.87. The normalized spacial score (nSPS) is 31.2. The van der Waals surface area contributed by atoms with Crippen molar-refractivity contribution >= 4 is 5.91 Å². The zero-order valence-corrected chi connectivity index (χ0v) is 16.3. The number of ether oxygens (including phenoxy) is 1. The number of rotatable bonds is 6. The SMILES string of the molecule is Cc1cc(C(=O)NC[C@H]2[C@H]3CN(CCc4ccccc4)C[C@]34CC[C@H]2O4)no1. The predicted octanol–water partition coefficient (Wildman–Crippen LogP) is 2.43. The van der Waals surface area contributed by atoms with Crippen LogP contribution in [0.5, 0.6) is 0 Å². The van der Waals surface area contributed by atoms with Gasteiger partial charge in [-0.25, -0.2) is 0 Å². The summed E-state index contributed by atoms with van der Waals surface area (Å²) in [5.41, 5.74) is 1.74. The molecule has 3 fully saturated rings. The van der Waals surface area contributed by atoms with Crippen molar-refractivity contribution in [3.63, 3.8) is 0 Å². The highest BCUT2D eigenvalue weighted by molar-refractivity contribution is 5.92. The third-order valence-corrected chi connectivity index (χ3v) is 6.77. The predicted molar refractivity (Wildman–Crippen MR) is 104 cm³/mol. The van der Waals surface area contributed by atoms with Crippen molar-refractivity contribution in [2.75, 3.05) is 26.2 Å². The topological polar surface area (TPSA) is 67.6 Å². The van der Waals surface area contributed by atoms with Crippen LogP contribution in [0, 0.1) is 18.8 Å². The zero-order valence-electron chi connectivity index (χ0n) is 16.3. The molecule has 2 bridgehead atoms. The second-order valence-electron chi connectivity index (χ2n) is 8.53. The van der Waals surface area contributed by atoms with E-state index in [9.17, 15) is 4.79 Å². The Balaban J connectivity index is 1.20. The van der Waals surface area contributed by atoms with E-state index in [1.807, 2.05) is 0 Å². The van der Waals surface area contributed by atoms with Crippen molar-refractivity contribution in [3.8, 4) is 0 Å². The molecule has 1 aromatic carbocycles. The lowest BCUT2D eigenvalue weighted by atomic mass is 9.73. The zero-order chi connectivity index (χ0) is 19.1. The molecule has 3 saturated heterocycles. The molecule has 1 aromatic heterocycles. The molecule has 4 heterocycles. The molecule has 1 amide bonds. The van der Waals surface area contributed by atoms with E-state index in [-0.39, 0.29) is 17.6 Å². The van der Waals surface area contributed by atoms with E-state index >= 15 is 0 Å². The van der Waals surface area contributed by atoms with Crippen LogP contribution in [0.15, 0.2) is 40.9 Å². The van der Waals surface area contributed by atoms with E-state index in [1.165, 1.54) is 5.56 Å². The number of carbonyl (C=O) groups excluding carboxylic acids is 1. The summed E-state index contributed by atoms with van der Waals surface area (Å²) in [6.07, 6.45) is 3.60. The van der Waals surface area contributed by atoms with E-state index in [0.717, 1.165) is 38.9 Å². The molecule has 1 spiro atoms. The maximum Gasteiger partial charge on any atom is 0.273 e. The largest absolute Gasteiger partial charge is 0.370 e. The summed E-state index contributed by atoms with van der Waals surface area (Å²) in [6.45, 7) is 5.59. The van der Waals surface area contributed by atoms with Gasteiger partial charge in [0.15, 0.2) is 5.69 Å². The first-order valence-corrected chi connectivity index (χ1v) is 10.3. The van der Waals surface area contributed by atoms with Crippen LogP contribution in [0.1, 0.15) is 34.7 Å². The average molecular weight is 381 g/mol. The quantitative estimate of drug-likeness (QED) is 0.832. The van der Waals surface area contributed by atoms with Crippen molar-refractivity contribution in [2.45, 2.75) is 37.9 Å². The van der Waals surface area contributed by atoms with Gasteiger partial charge in [0, 0.05) is 44.1 Å². The third-order valence-electron chi connectivity index (χ3n) is 6.77. The molecule has 5 rings (SSSR count). The van der Waals surface area contributed by atoms with Crippen LogP contribution < -0.4 is 5.32 Å². The van der Waals surface area contributed by atoms with Crippen LogP contribution in [-0.4, -0.2) is 53.8 Å². The molecule has 4 atom stereocenters. The number of fused-ring (bicyclic) bond motifs is 1. The number of amides is 1. The highest BCUT2D eigenvalue weighted by atomic mass is 16.5. The van der Waals surface area contributed by atoms with Gasteiger partial charge in [-0.3, -0.25) is 9.69 Å². The molecular weight excluding hydrogens is 354 g/mol. The Kier molecular flexibility index (Phi) is 4.48. The molecule has 0 aliphatic carbocycles. The number of aromatic nitrogens is 1. The van der Waals surface area contributed by atoms with Crippen LogP contribution >= 0.6 is 0 Å². The van der Waals surface area contributed by atoms with E-state index in [0.29, 0.717) is 29.8 Å². The fourth-order valence-corrected chi connectivity index (χ4v) is 5.44. The minimum absolute atomic E-state index is 0.00122. The number of carbonyl (C=O) groups is 1. The molecule has 3 aliphatic heterocycles. The van der Waals surface area contributed by atoms with Crippen molar-refractivity contribution in [1.82, 2.24) is 15.4 Å². The molecule has 0 saturated carbocycles. The Morgan fingerprint density at radius 3 is 3.00 bits per heavy atom. The summed E-state index contributed by atoms with van der Waals surface area (Å²) < 4.78 is 11.5. The van der Waals surface area contributed by atoms with Crippen LogP contribution in [0.3, 0.4) is 0 Å². The second kappa shape index (κ2) is 7.01. The first-order valence-electron chi connectivity index (χ1n) is 10.3. The number of benzene rings is 1. The molecule has 28 heavy (non-hydrogen) atoms. The minimum Gasteiger partial charge on any atom is -0.370 e. The van der Waals surface area contributed by atoms with Gasteiger partial charge >= 0.3 is 0 Å². The van der Waals surface area contributed by atoms with Gasteiger partial charge in [0.1, 0.15) is 5.76 Å². The van der Waals surface area contributed by atoms with Gasteiger partial charge in [-0.1, -0.05) is 35.5 Å². The Morgan fingerprint density at radius 2 is 2.21 bits per heavy atom. The molecule has 0 unspecified atom stereocenters. The Hall–Kier alpha value is -2.18. The maximum atomic E-state index is 12.4. The molecule has 1 N–H and O–H groups in total.